The molecular weight excluding hydrogens is 312 g/mol. The smallest absolute Gasteiger partial charge is 0.253 e. The molecule has 1 N–H and O–H groups in total. The van der Waals surface area contributed by atoms with E-state index in [1.54, 1.807) is 37.5 Å². The molecule has 0 aliphatic heterocycles. The molecule has 1 aromatic carbocycles. The maximum absolute atomic E-state index is 12.0. The van der Waals surface area contributed by atoms with Crippen molar-refractivity contribution in [1.29, 1.82) is 0 Å². The number of ether oxygens (including phenoxy) is 1. The molecule has 2 rings (SSSR count). The number of aromatic nitrogens is 1. The van der Waals surface area contributed by atoms with Gasteiger partial charge in [0.25, 0.3) is 5.91 Å². The van der Waals surface area contributed by atoms with Crippen molar-refractivity contribution < 1.29 is 14.6 Å². The fraction of sp³-hybridized carbons (Fsp3) is 0.286. The lowest BCUT2D eigenvalue weighted by Gasteiger charge is -2.15. The topological polar surface area (TPSA) is 62.7 Å². The van der Waals surface area contributed by atoms with Crippen LogP contribution in [0.2, 0.25) is 4.47 Å². The van der Waals surface area contributed by atoms with Crippen LogP contribution in [0.25, 0.3) is 0 Å². The monoisotopic (exact) mass is 326 g/mol. The first kappa shape index (κ1) is 15.8. The highest BCUT2D eigenvalue weighted by molar-refractivity contribution is 7.15. The molecule has 0 saturated heterocycles. The predicted molar refractivity (Wildman–Crippen MR) is 81.9 cm³/mol. The van der Waals surface area contributed by atoms with E-state index in [1.807, 2.05) is 0 Å². The van der Waals surface area contributed by atoms with Gasteiger partial charge in [0.15, 0.2) is 4.47 Å². The van der Waals surface area contributed by atoms with E-state index in [-0.39, 0.29) is 12.5 Å². The largest absolute Gasteiger partial charge is 0.488 e. The Balaban J connectivity index is 1.94. The molecule has 0 fully saturated rings. The van der Waals surface area contributed by atoms with Gasteiger partial charge in [-0.05, 0) is 24.3 Å². The van der Waals surface area contributed by atoms with Gasteiger partial charge in [0.1, 0.15) is 12.4 Å². The van der Waals surface area contributed by atoms with Crippen molar-refractivity contribution in [1.82, 2.24) is 9.88 Å². The summed E-state index contributed by atoms with van der Waals surface area (Å²) < 4.78 is 6.08. The van der Waals surface area contributed by atoms with Crippen LogP contribution in [0.3, 0.4) is 0 Å². The van der Waals surface area contributed by atoms with Crippen molar-refractivity contribution in [3.8, 4) is 5.75 Å². The van der Waals surface area contributed by atoms with Gasteiger partial charge in [0.05, 0.1) is 11.5 Å². The highest BCUT2D eigenvalue weighted by Gasteiger charge is 2.11. The zero-order valence-electron chi connectivity index (χ0n) is 11.5. The van der Waals surface area contributed by atoms with E-state index in [0.717, 1.165) is 4.88 Å². The van der Waals surface area contributed by atoms with Gasteiger partial charge in [-0.2, -0.15) is 0 Å². The molecule has 5 nitrogen and oxygen atoms in total. The van der Waals surface area contributed by atoms with E-state index in [4.69, 9.17) is 21.4 Å². The molecule has 2 aromatic rings. The van der Waals surface area contributed by atoms with Gasteiger partial charge < -0.3 is 14.7 Å². The minimum atomic E-state index is -0.134. The van der Waals surface area contributed by atoms with Crippen LogP contribution in [0, 0.1) is 0 Å². The van der Waals surface area contributed by atoms with Crippen LogP contribution < -0.4 is 4.74 Å². The van der Waals surface area contributed by atoms with Crippen LogP contribution >= 0.6 is 22.9 Å². The molecule has 1 heterocycles. The molecule has 0 bridgehead atoms. The Morgan fingerprint density at radius 1 is 1.43 bits per heavy atom. The van der Waals surface area contributed by atoms with Crippen LogP contribution in [0.4, 0.5) is 0 Å². The number of nitrogens with zero attached hydrogens (tertiary/aromatic N) is 2. The lowest BCUT2D eigenvalue weighted by molar-refractivity contribution is 0.0767. The molecule has 1 aromatic heterocycles. The molecule has 1 amide bonds. The number of amides is 1. The second-order valence-corrected chi connectivity index (χ2v) is 6.04. The van der Waals surface area contributed by atoms with E-state index in [1.165, 1.54) is 16.2 Å². The Labute approximate surface area is 131 Å². The van der Waals surface area contributed by atoms with Crippen LogP contribution in [-0.2, 0) is 6.61 Å². The SMILES string of the molecule is CN(CCO)C(=O)c1ccc(OCc2cnc(Cl)s2)cc1. The summed E-state index contributed by atoms with van der Waals surface area (Å²) in [7, 11) is 1.65. The van der Waals surface area contributed by atoms with Crippen LogP contribution in [-0.4, -0.2) is 41.1 Å². The van der Waals surface area contributed by atoms with E-state index in [9.17, 15) is 4.79 Å². The summed E-state index contributed by atoms with van der Waals surface area (Å²) in [5.41, 5.74) is 0.555. The Hall–Kier alpha value is -1.63. The number of likely N-dealkylation sites (N-methyl/N-ethyl adjacent to an activating group) is 1. The Morgan fingerprint density at radius 3 is 2.71 bits per heavy atom. The van der Waals surface area contributed by atoms with Crippen LogP contribution in [0.1, 0.15) is 15.2 Å². The average Bonchev–Trinajstić information content (AvgIpc) is 2.91. The van der Waals surface area contributed by atoms with E-state index < -0.39 is 0 Å². The molecule has 0 saturated carbocycles. The first-order chi connectivity index (χ1) is 10.1. The van der Waals surface area contributed by atoms with Crippen molar-refractivity contribution in [2.24, 2.45) is 0 Å². The molecule has 0 spiro atoms. The summed E-state index contributed by atoms with van der Waals surface area (Å²) in [5, 5.41) is 8.83. The summed E-state index contributed by atoms with van der Waals surface area (Å²) >= 11 is 7.11. The average molecular weight is 327 g/mol. The van der Waals surface area contributed by atoms with Crippen LogP contribution in [0.15, 0.2) is 30.5 Å². The maximum atomic E-state index is 12.0. The molecule has 0 aliphatic carbocycles. The van der Waals surface area contributed by atoms with Gasteiger partial charge >= 0.3 is 0 Å². The van der Waals surface area contributed by atoms with E-state index in [2.05, 4.69) is 4.98 Å². The van der Waals surface area contributed by atoms with E-state index >= 15 is 0 Å². The summed E-state index contributed by atoms with van der Waals surface area (Å²) in [6, 6.07) is 6.88. The Bertz CT molecular complexity index is 601. The number of hydrogen-bond donors (Lipinski definition) is 1. The van der Waals surface area contributed by atoms with Crippen LogP contribution in [0.5, 0.6) is 5.75 Å². The van der Waals surface area contributed by atoms with Crippen molar-refractivity contribution in [2.75, 3.05) is 20.2 Å². The number of rotatable bonds is 6. The normalized spacial score (nSPS) is 10.4. The first-order valence-corrected chi connectivity index (χ1v) is 7.49. The number of hydrogen-bond acceptors (Lipinski definition) is 5. The Kier molecular flexibility index (Phi) is 5.55. The van der Waals surface area contributed by atoms with Gasteiger partial charge in [0.2, 0.25) is 0 Å². The van der Waals surface area contributed by atoms with Gasteiger partial charge in [-0.3, -0.25) is 4.79 Å². The second kappa shape index (κ2) is 7.40. The molecule has 0 aliphatic rings. The summed E-state index contributed by atoms with van der Waals surface area (Å²) in [4.78, 5) is 18.3. The van der Waals surface area contributed by atoms with Gasteiger partial charge in [-0.1, -0.05) is 11.6 Å². The number of carbonyl (C=O) groups excluding carboxylic acids is 1. The lowest BCUT2D eigenvalue weighted by Crippen LogP contribution is -2.29. The predicted octanol–water partition coefficient (Wildman–Crippen LogP) is 2.44. The molecule has 7 heteroatoms. The van der Waals surface area contributed by atoms with Crippen molar-refractivity contribution in [3.63, 3.8) is 0 Å². The fourth-order valence-electron chi connectivity index (χ4n) is 1.67. The molecule has 0 radical (unpaired) electrons. The molecular formula is C14H15ClN2O3S. The van der Waals surface area contributed by atoms with Gasteiger partial charge in [-0.25, -0.2) is 4.98 Å². The standard InChI is InChI=1S/C14H15ClN2O3S/c1-17(6-7-18)13(19)10-2-4-11(5-3-10)20-9-12-8-16-14(15)21-12/h2-5,8,18H,6-7,9H2,1H3. The van der Waals surface area contributed by atoms with Crippen molar-refractivity contribution >= 4 is 28.8 Å². The number of aliphatic hydroxyl groups is 1. The minimum absolute atomic E-state index is 0.0547. The highest BCUT2D eigenvalue weighted by atomic mass is 35.5. The number of thiazole rings is 1. The van der Waals surface area contributed by atoms with Crippen molar-refractivity contribution in [2.45, 2.75) is 6.61 Å². The minimum Gasteiger partial charge on any atom is -0.488 e. The molecule has 21 heavy (non-hydrogen) atoms. The lowest BCUT2D eigenvalue weighted by atomic mass is 10.2. The fourth-order valence-corrected chi connectivity index (χ4v) is 2.56. The van der Waals surface area contributed by atoms with Gasteiger partial charge in [0, 0.05) is 25.4 Å². The zero-order valence-corrected chi connectivity index (χ0v) is 13.0. The number of aliphatic hydroxyl groups excluding tert-OH is 1. The molecule has 112 valence electrons. The zero-order chi connectivity index (χ0) is 15.2. The van der Waals surface area contributed by atoms with E-state index in [0.29, 0.717) is 28.9 Å². The number of benzene rings is 1. The molecule has 0 atom stereocenters. The first-order valence-electron chi connectivity index (χ1n) is 6.29. The summed E-state index contributed by atoms with van der Waals surface area (Å²) in [6.07, 6.45) is 1.68. The molecule has 0 unspecified atom stereocenters. The number of carbonyl (C=O) groups is 1. The van der Waals surface area contributed by atoms with Gasteiger partial charge in [-0.15, -0.1) is 11.3 Å². The third-order valence-electron chi connectivity index (χ3n) is 2.79. The second-order valence-electron chi connectivity index (χ2n) is 4.34. The Morgan fingerprint density at radius 2 is 2.14 bits per heavy atom. The maximum Gasteiger partial charge on any atom is 0.253 e. The third-order valence-corrected chi connectivity index (χ3v) is 3.88. The summed E-state index contributed by atoms with van der Waals surface area (Å²) in [6.45, 7) is 0.645. The third kappa shape index (κ3) is 4.42. The quantitative estimate of drug-likeness (QED) is 0.885. The highest BCUT2D eigenvalue weighted by Crippen LogP contribution is 2.20. The van der Waals surface area contributed by atoms with Crippen molar-refractivity contribution in [3.05, 3.63) is 45.4 Å². The summed E-state index contributed by atoms with van der Waals surface area (Å²) in [5.74, 6) is 0.533. The number of halogens is 1.